The molecule has 0 spiro atoms. The van der Waals surface area contributed by atoms with E-state index >= 15 is 0 Å². The number of nitrogens with zero attached hydrogens (tertiary/aromatic N) is 1. The van der Waals surface area contributed by atoms with E-state index in [1.165, 1.54) is 11.1 Å². The second kappa shape index (κ2) is 4.24. The molecule has 1 heterocycles. The van der Waals surface area contributed by atoms with Crippen molar-refractivity contribution in [1.29, 1.82) is 0 Å². The van der Waals surface area contributed by atoms with Crippen molar-refractivity contribution in [2.75, 3.05) is 0 Å². The van der Waals surface area contributed by atoms with Crippen LogP contribution >= 0.6 is 11.3 Å². The number of aliphatic hydroxyl groups is 1. The Kier molecular flexibility index (Phi) is 2.73. The Morgan fingerprint density at radius 2 is 2.29 bits per heavy atom. The molecule has 3 heteroatoms. The Hall–Kier alpha value is -1.19. The van der Waals surface area contributed by atoms with Crippen molar-refractivity contribution in [3.05, 3.63) is 51.5 Å². The Morgan fingerprint density at radius 1 is 1.47 bits per heavy atom. The number of aryl methyl sites for hydroxylation is 1. The molecule has 2 aromatic rings. The average molecular weight is 245 g/mol. The summed E-state index contributed by atoms with van der Waals surface area (Å²) in [5.74, 6) is 0.299. The van der Waals surface area contributed by atoms with Gasteiger partial charge in [0.2, 0.25) is 0 Å². The number of aliphatic hydroxyl groups excluding tert-OH is 1. The lowest BCUT2D eigenvalue weighted by Crippen LogP contribution is -2.30. The smallest absolute Gasteiger partial charge is 0.0897 e. The highest BCUT2D eigenvalue weighted by Crippen LogP contribution is 2.38. The predicted molar refractivity (Wildman–Crippen MR) is 69.4 cm³/mol. The van der Waals surface area contributed by atoms with Gasteiger partial charge in [-0.2, -0.15) is 0 Å². The molecule has 0 saturated carbocycles. The summed E-state index contributed by atoms with van der Waals surface area (Å²) in [5, 5.41) is 13.4. The van der Waals surface area contributed by atoms with Crippen molar-refractivity contribution >= 4 is 11.3 Å². The zero-order chi connectivity index (χ0) is 11.8. The summed E-state index contributed by atoms with van der Waals surface area (Å²) in [7, 11) is 0. The van der Waals surface area contributed by atoms with E-state index in [1.54, 1.807) is 11.3 Å². The number of benzene rings is 1. The van der Waals surface area contributed by atoms with Crippen LogP contribution in [0.4, 0.5) is 0 Å². The van der Waals surface area contributed by atoms with E-state index in [0.717, 1.165) is 17.1 Å². The first-order valence-electron chi connectivity index (χ1n) is 5.91. The monoisotopic (exact) mass is 245 g/mol. The summed E-state index contributed by atoms with van der Waals surface area (Å²) >= 11 is 1.65. The molecule has 2 nitrogen and oxygen atoms in total. The molecule has 1 aliphatic carbocycles. The highest BCUT2D eigenvalue weighted by atomic mass is 32.1. The van der Waals surface area contributed by atoms with Gasteiger partial charge < -0.3 is 5.11 Å². The Labute approximate surface area is 105 Å². The molecule has 3 rings (SSSR count). The molecule has 17 heavy (non-hydrogen) atoms. The van der Waals surface area contributed by atoms with Gasteiger partial charge in [0.1, 0.15) is 0 Å². The van der Waals surface area contributed by atoms with Crippen LogP contribution in [-0.2, 0) is 12.8 Å². The second-order valence-electron chi connectivity index (χ2n) is 4.64. The highest BCUT2D eigenvalue weighted by molar-refractivity contribution is 7.09. The largest absolute Gasteiger partial charge is 0.392 e. The molecule has 0 saturated heterocycles. The molecule has 2 atom stereocenters. The number of rotatable bonds is 3. The van der Waals surface area contributed by atoms with Crippen molar-refractivity contribution in [1.82, 2.24) is 4.98 Å². The van der Waals surface area contributed by atoms with E-state index in [1.807, 2.05) is 18.4 Å². The third kappa shape index (κ3) is 2.01. The maximum Gasteiger partial charge on any atom is 0.0897 e. The minimum atomic E-state index is -0.300. The highest BCUT2D eigenvalue weighted by Gasteiger charge is 2.31. The number of hydrogen-bond acceptors (Lipinski definition) is 3. The zero-order valence-corrected chi connectivity index (χ0v) is 10.6. The molecule has 0 amide bonds. The van der Waals surface area contributed by atoms with Gasteiger partial charge in [-0.05, 0) is 24.5 Å². The van der Waals surface area contributed by atoms with Gasteiger partial charge in [-0.1, -0.05) is 24.3 Å². The van der Waals surface area contributed by atoms with Crippen LogP contribution in [0.2, 0.25) is 0 Å². The minimum absolute atomic E-state index is 0.299. The summed E-state index contributed by atoms with van der Waals surface area (Å²) in [6.07, 6.45) is 1.37. The van der Waals surface area contributed by atoms with Crippen LogP contribution in [0.3, 0.4) is 0 Å². The quantitative estimate of drug-likeness (QED) is 0.902. The third-order valence-corrected chi connectivity index (χ3v) is 4.27. The normalized spacial score (nSPS) is 19.5. The van der Waals surface area contributed by atoms with E-state index < -0.39 is 0 Å². The van der Waals surface area contributed by atoms with Gasteiger partial charge in [-0.3, -0.25) is 0 Å². The van der Waals surface area contributed by atoms with Crippen molar-refractivity contribution in [3.63, 3.8) is 0 Å². The Bertz CT molecular complexity index is 535. The van der Waals surface area contributed by atoms with E-state index in [9.17, 15) is 5.11 Å². The summed E-state index contributed by atoms with van der Waals surface area (Å²) in [6, 6.07) is 8.38. The fourth-order valence-electron chi connectivity index (χ4n) is 2.50. The molecular weight excluding hydrogens is 230 g/mol. The molecule has 88 valence electrons. The fourth-order valence-corrected chi connectivity index (χ4v) is 3.12. The Balaban J connectivity index is 1.71. The van der Waals surface area contributed by atoms with Gasteiger partial charge in [-0.25, -0.2) is 4.98 Å². The van der Waals surface area contributed by atoms with Gasteiger partial charge in [0.05, 0.1) is 16.8 Å². The fraction of sp³-hybridized carbons (Fsp3) is 0.357. The number of hydrogen-bond donors (Lipinski definition) is 1. The molecule has 1 aromatic carbocycles. The van der Waals surface area contributed by atoms with Crippen LogP contribution < -0.4 is 0 Å². The van der Waals surface area contributed by atoms with E-state index in [-0.39, 0.29) is 6.10 Å². The maximum atomic E-state index is 10.2. The SMILES string of the molecule is Cc1nc(CC(O)C2Cc3ccccc32)cs1. The molecule has 0 radical (unpaired) electrons. The van der Waals surface area contributed by atoms with Crippen molar-refractivity contribution in [2.45, 2.75) is 31.8 Å². The van der Waals surface area contributed by atoms with Crippen molar-refractivity contribution in [3.8, 4) is 0 Å². The zero-order valence-electron chi connectivity index (χ0n) is 9.76. The Morgan fingerprint density at radius 3 is 3.00 bits per heavy atom. The first-order valence-corrected chi connectivity index (χ1v) is 6.79. The van der Waals surface area contributed by atoms with E-state index in [4.69, 9.17) is 0 Å². The van der Waals surface area contributed by atoms with Crippen LogP contribution in [0.15, 0.2) is 29.6 Å². The number of thiazole rings is 1. The van der Waals surface area contributed by atoms with Crippen LogP contribution in [0, 0.1) is 6.92 Å². The first-order chi connectivity index (χ1) is 8.24. The summed E-state index contributed by atoms with van der Waals surface area (Å²) in [5.41, 5.74) is 3.71. The van der Waals surface area contributed by atoms with Crippen LogP contribution in [-0.4, -0.2) is 16.2 Å². The molecule has 0 aliphatic heterocycles. The molecule has 0 bridgehead atoms. The van der Waals surface area contributed by atoms with Crippen molar-refractivity contribution in [2.24, 2.45) is 0 Å². The lowest BCUT2D eigenvalue weighted by molar-refractivity contribution is 0.132. The summed E-state index contributed by atoms with van der Waals surface area (Å²) in [6.45, 7) is 2.00. The topological polar surface area (TPSA) is 33.1 Å². The predicted octanol–water partition coefficient (Wildman–Crippen LogP) is 2.69. The standard InChI is InChI=1S/C14H15NOS/c1-9-15-11(8-17-9)7-14(16)13-6-10-4-2-3-5-12(10)13/h2-5,8,13-14,16H,6-7H2,1H3. The van der Waals surface area contributed by atoms with Crippen LogP contribution in [0.5, 0.6) is 0 Å². The van der Waals surface area contributed by atoms with Gasteiger partial charge in [0, 0.05) is 17.7 Å². The second-order valence-corrected chi connectivity index (χ2v) is 5.70. The van der Waals surface area contributed by atoms with Gasteiger partial charge in [-0.15, -0.1) is 11.3 Å². The third-order valence-electron chi connectivity index (χ3n) is 3.44. The van der Waals surface area contributed by atoms with Crippen molar-refractivity contribution < 1.29 is 5.11 Å². The number of aromatic nitrogens is 1. The van der Waals surface area contributed by atoms with Gasteiger partial charge in [0.25, 0.3) is 0 Å². The summed E-state index contributed by atoms with van der Waals surface area (Å²) < 4.78 is 0. The molecule has 0 fully saturated rings. The van der Waals surface area contributed by atoms with Gasteiger partial charge >= 0.3 is 0 Å². The van der Waals surface area contributed by atoms with E-state index in [0.29, 0.717) is 12.3 Å². The summed E-state index contributed by atoms with van der Waals surface area (Å²) in [4.78, 5) is 4.41. The lowest BCUT2D eigenvalue weighted by Gasteiger charge is -2.33. The molecule has 1 aromatic heterocycles. The molecular formula is C14H15NOS. The van der Waals surface area contributed by atoms with Gasteiger partial charge in [0.15, 0.2) is 0 Å². The maximum absolute atomic E-state index is 10.2. The minimum Gasteiger partial charge on any atom is -0.392 e. The molecule has 2 unspecified atom stereocenters. The van der Waals surface area contributed by atoms with Crippen LogP contribution in [0.25, 0.3) is 0 Å². The molecule has 1 aliphatic rings. The lowest BCUT2D eigenvalue weighted by atomic mass is 9.73. The average Bonchev–Trinajstić information content (AvgIpc) is 2.66. The van der Waals surface area contributed by atoms with Crippen LogP contribution in [0.1, 0.15) is 27.7 Å². The molecule has 1 N–H and O–H groups in total. The van der Waals surface area contributed by atoms with E-state index in [2.05, 4.69) is 23.2 Å². The number of fused-ring (bicyclic) bond motifs is 1. The first kappa shape index (κ1) is 10.9.